The van der Waals surface area contributed by atoms with Gasteiger partial charge in [0.05, 0.1) is 12.1 Å². The van der Waals surface area contributed by atoms with Gasteiger partial charge in [-0.2, -0.15) is 0 Å². The summed E-state index contributed by atoms with van der Waals surface area (Å²) in [5.74, 6) is 0.795. The average molecular weight is 325 g/mol. The van der Waals surface area contributed by atoms with E-state index in [0.29, 0.717) is 17.5 Å². The molecule has 1 aliphatic carbocycles. The highest BCUT2D eigenvalue weighted by Crippen LogP contribution is 2.36. The van der Waals surface area contributed by atoms with Gasteiger partial charge in [0, 0.05) is 25.0 Å². The Morgan fingerprint density at radius 1 is 1.21 bits per heavy atom. The maximum Gasteiger partial charge on any atom is 0.335 e. The lowest BCUT2D eigenvalue weighted by Crippen LogP contribution is -2.34. The molecule has 4 rings (SSSR count). The molecular weight excluding hydrogens is 302 g/mol. The first-order valence-corrected chi connectivity index (χ1v) is 8.78. The lowest BCUT2D eigenvalue weighted by molar-refractivity contribution is 0.0697. The van der Waals surface area contributed by atoms with Crippen molar-refractivity contribution in [2.24, 2.45) is 0 Å². The molecule has 0 spiro atoms. The molecule has 126 valence electrons. The lowest BCUT2D eigenvalue weighted by atomic mass is 9.90. The number of aromatic nitrogens is 2. The Morgan fingerprint density at radius 2 is 2.00 bits per heavy atom. The van der Waals surface area contributed by atoms with Crippen LogP contribution in [0.5, 0.6) is 0 Å². The van der Waals surface area contributed by atoms with Gasteiger partial charge in [-0.1, -0.05) is 12.1 Å². The molecule has 5 nitrogen and oxygen atoms in total. The van der Waals surface area contributed by atoms with Crippen molar-refractivity contribution in [1.29, 1.82) is 0 Å². The molecule has 2 heterocycles. The summed E-state index contributed by atoms with van der Waals surface area (Å²) in [5, 5.41) is 9.03. The normalized spacial score (nSPS) is 21.8. The molecule has 5 heteroatoms. The van der Waals surface area contributed by atoms with E-state index in [9.17, 15) is 4.79 Å². The SMILES string of the molecule is O=C(O)c1ccc([C@H]2CCCN(Cc3nccn3C3CC3)C2)cc1. The molecule has 2 aliphatic rings. The average Bonchev–Trinajstić information content (AvgIpc) is 3.35. The van der Waals surface area contributed by atoms with Crippen LogP contribution in [0.1, 0.15) is 59.4 Å². The monoisotopic (exact) mass is 325 g/mol. The molecule has 1 saturated heterocycles. The van der Waals surface area contributed by atoms with Crippen LogP contribution < -0.4 is 0 Å². The fourth-order valence-corrected chi connectivity index (χ4v) is 3.72. The van der Waals surface area contributed by atoms with E-state index in [1.165, 1.54) is 37.1 Å². The van der Waals surface area contributed by atoms with Crippen LogP contribution in [-0.4, -0.2) is 38.6 Å². The van der Waals surface area contributed by atoms with E-state index in [1.807, 2.05) is 18.3 Å². The fourth-order valence-electron chi connectivity index (χ4n) is 3.72. The fraction of sp³-hybridized carbons (Fsp3) is 0.474. The number of hydrogen-bond acceptors (Lipinski definition) is 3. The number of imidazole rings is 1. The van der Waals surface area contributed by atoms with Gasteiger partial charge >= 0.3 is 5.97 Å². The summed E-state index contributed by atoms with van der Waals surface area (Å²) in [5.41, 5.74) is 1.60. The number of rotatable bonds is 5. The van der Waals surface area contributed by atoms with Gasteiger partial charge in [0.2, 0.25) is 0 Å². The number of benzene rings is 1. The number of carboxylic acids is 1. The molecule has 1 atom stereocenters. The topological polar surface area (TPSA) is 58.4 Å². The summed E-state index contributed by atoms with van der Waals surface area (Å²) in [6.45, 7) is 3.04. The van der Waals surface area contributed by atoms with Crippen molar-refractivity contribution in [3.63, 3.8) is 0 Å². The number of aromatic carboxylic acids is 1. The van der Waals surface area contributed by atoms with Crippen molar-refractivity contribution in [3.8, 4) is 0 Å². The first-order valence-electron chi connectivity index (χ1n) is 8.78. The van der Waals surface area contributed by atoms with Crippen LogP contribution in [0, 0.1) is 0 Å². The Kier molecular flexibility index (Phi) is 4.10. The van der Waals surface area contributed by atoms with Gasteiger partial charge < -0.3 is 9.67 Å². The molecule has 0 bridgehead atoms. The number of nitrogens with zero attached hydrogens (tertiary/aromatic N) is 3. The van der Waals surface area contributed by atoms with Crippen molar-refractivity contribution in [1.82, 2.24) is 14.5 Å². The van der Waals surface area contributed by atoms with Crippen LogP contribution in [-0.2, 0) is 6.54 Å². The third kappa shape index (κ3) is 3.22. The van der Waals surface area contributed by atoms with Gasteiger partial charge in [-0.05, 0) is 55.8 Å². The Bertz CT molecular complexity index is 718. The number of hydrogen-bond donors (Lipinski definition) is 1. The summed E-state index contributed by atoms with van der Waals surface area (Å²) in [6, 6.07) is 8.06. The number of carbonyl (C=O) groups is 1. The summed E-state index contributed by atoms with van der Waals surface area (Å²) in [4.78, 5) is 18.0. The van der Waals surface area contributed by atoms with Crippen LogP contribution in [0.4, 0.5) is 0 Å². The summed E-state index contributed by atoms with van der Waals surface area (Å²) in [6.07, 6.45) is 8.93. The van der Waals surface area contributed by atoms with Gasteiger partial charge in [-0.25, -0.2) is 9.78 Å². The number of likely N-dealkylation sites (tertiary alicyclic amines) is 1. The quantitative estimate of drug-likeness (QED) is 0.916. The van der Waals surface area contributed by atoms with Gasteiger partial charge in [-0.3, -0.25) is 4.90 Å². The number of carboxylic acid groups (broad SMARTS) is 1. The second-order valence-corrected chi connectivity index (χ2v) is 6.98. The summed E-state index contributed by atoms with van der Waals surface area (Å²) in [7, 11) is 0. The summed E-state index contributed by atoms with van der Waals surface area (Å²) >= 11 is 0. The predicted octanol–water partition coefficient (Wildman–Crippen LogP) is 3.30. The van der Waals surface area contributed by atoms with Crippen LogP contribution in [0.2, 0.25) is 0 Å². The van der Waals surface area contributed by atoms with Crippen LogP contribution in [0.25, 0.3) is 0 Å². The summed E-state index contributed by atoms with van der Waals surface area (Å²) < 4.78 is 2.34. The van der Waals surface area contributed by atoms with Crippen molar-refractivity contribution >= 4 is 5.97 Å². The molecule has 1 saturated carbocycles. The predicted molar refractivity (Wildman–Crippen MR) is 91.2 cm³/mol. The molecule has 1 N–H and O–H groups in total. The van der Waals surface area contributed by atoms with E-state index < -0.39 is 5.97 Å². The van der Waals surface area contributed by atoms with Crippen molar-refractivity contribution in [2.75, 3.05) is 13.1 Å². The Hall–Kier alpha value is -2.14. The first-order chi connectivity index (χ1) is 11.7. The molecule has 1 aliphatic heterocycles. The van der Waals surface area contributed by atoms with E-state index in [0.717, 1.165) is 19.6 Å². The Labute approximate surface area is 141 Å². The van der Waals surface area contributed by atoms with Gasteiger partial charge in [0.25, 0.3) is 0 Å². The molecule has 2 aromatic rings. The second-order valence-electron chi connectivity index (χ2n) is 6.98. The van der Waals surface area contributed by atoms with Gasteiger partial charge in [0.1, 0.15) is 5.82 Å². The van der Waals surface area contributed by atoms with E-state index in [2.05, 4.69) is 20.6 Å². The first kappa shape index (κ1) is 15.4. The lowest BCUT2D eigenvalue weighted by Gasteiger charge is -2.33. The Morgan fingerprint density at radius 3 is 2.71 bits per heavy atom. The molecule has 1 aromatic carbocycles. The van der Waals surface area contributed by atoms with Crippen molar-refractivity contribution in [3.05, 3.63) is 53.6 Å². The Balaban J connectivity index is 1.43. The van der Waals surface area contributed by atoms with E-state index >= 15 is 0 Å². The van der Waals surface area contributed by atoms with E-state index in [-0.39, 0.29) is 0 Å². The number of piperidine rings is 1. The zero-order valence-corrected chi connectivity index (χ0v) is 13.8. The zero-order chi connectivity index (χ0) is 16.5. The standard InChI is InChI=1S/C19H23N3O2/c23-19(24)15-5-3-14(4-6-15)16-2-1-10-21(12-16)13-18-20-9-11-22(18)17-7-8-17/h3-6,9,11,16-17H,1-2,7-8,10,12-13H2,(H,23,24)/t16-/m0/s1. The second kappa shape index (κ2) is 6.40. The molecule has 0 radical (unpaired) electrons. The molecular formula is C19H23N3O2. The highest BCUT2D eigenvalue weighted by Gasteiger charge is 2.27. The van der Waals surface area contributed by atoms with Crippen LogP contribution in [0.15, 0.2) is 36.7 Å². The zero-order valence-electron chi connectivity index (χ0n) is 13.8. The maximum absolute atomic E-state index is 11.0. The van der Waals surface area contributed by atoms with Gasteiger partial charge in [0.15, 0.2) is 0 Å². The van der Waals surface area contributed by atoms with E-state index in [4.69, 9.17) is 5.11 Å². The van der Waals surface area contributed by atoms with Crippen molar-refractivity contribution < 1.29 is 9.90 Å². The molecule has 1 aromatic heterocycles. The maximum atomic E-state index is 11.0. The largest absolute Gasteiger partial charge is 0.478 e. The highest BCUT2D eigenvalue weighted by atomic mass is 16.4. The molecule has 0 unspecified atom stereocenters. The van der Waals surface area contributed by atoms with Crippen LogP contribution in [0.3, 0.4) is 0 Å². The smallest absolute Gasteiger partial charge is 0.335 e. The molecule has 2 fully saturated rings. The minimum absolute atomic E-state index is 0.359. The minimum Gasteiger partial charge on any atom is -0.478 e. The third-order valence-electron chi connectivity index (χ3n) is 5.19. The molecule has 0 amide bonds. The van der Waals surface area contributed by atoms with Gasteiger partial charge in [-0.15, -0.1) is 0 Å². The highest BCUT2D eigenvalue weighted by molar-refractivity contribution is 5.87. The molecule has 24 heavy (non-hydrogen) atoms. The van der Waals surface area contributed by atoms with Crippen LogP contribution >= 0.6 is 0 Å². The minimum atomic E-state index is -0.862. The van der Waals surface area contributed by atoms with E-state index in [1.54, 1.807) is 12.1 Å². The van der Waals surface area contributed by atoms with Crippen molar-refractivity contribution in [2.45, 2.75) is 44.2 Å². The third-order valence-corrected chi connectivity index (χ3v) is 5.19.